The Morgan fingerprint density at radius 2 is 2.16 bits per heavy atom. The van der Waals surface area contributed by atoms with Gasteiger partial charge >= 0.3 is 12.0 Å². The van der Waals surface area contributed by atoms with E-state index in [0.717, 1.165) is 9.35 Å². The first-order valence-corrected chi connectivity index (χ1v) is 7.46. The van der Waals surface area contributed by atoms with Gasteiger partial charge in [-0.25, -0.2) is 9.59 Å². The molecule has 1 rings (SSSR count). The quantitative estimate of drug-likeness (QED) is 0.859. The molecule has 5 nitrogen and oxygen atoms in total. The zero-order chi connectivity index (χ0) is 14.6. The molecule has 1 unspecified atom stereocenters. The lowest BCUT2D eigenvalue weighted by Gasteiger charge is -2.23. The van der Waals surface area contributed by atoms with Crippen LogP contribution in [0.2, 0.25) is 0 Å². The van der Waals surface area contributed by atoms with Gasteiger partial charge in [0.1, 0.15) is 6.04 Å². The van der Waals surface area contributed by atoms with E-state index in [9.17, 15) is 9.59 Å². The summed E-state index contributed by atoms with van der Waals surface area (Å²) in [6.07, 6.45) is 0. The second-order valence-electron chi connectivity index (χ2n) is 4.62. The molecule has 0 aliphatic carbocycles. The number of carboxylic acids is 1. The Kier molecular flexibility index (Phi) is 5.81. The van der Waals surface area contributed by atoms with Crippen LogP contribution in [0.25, 0.3) is 0 Å². The molecule has 7 heteroatoms. The molecule has 1 atom stereocenters. The molecule has 1 aromatic rings. The number of carboxylic acid groups (broad SMARTS) is 1. The largest absolute Gasteiger partial charge is 0.480 e. The van der Waals surface area contributed by atoms with Crippen molar-refractivity contribution in [3.05, 3.63) is 20.8 Å². The van der Waals surface area contributed by atoms with Crippen LogP contribution in [0, 0.1) is 5.92 Å². The molecule has 0 spiro atoms. The molecule has 19 heavy (non-hydrogen) atoms. The number of aliphatic carboxylic acids is 1. The summed E-state index contributed by atoms with van der Waals surface area (Å²) in [6.45, 7) is 3.96. The van der Waals surface area contributed by atoms with Gasteiger partial charge in [0.05, 0.1) is 3.79 Å². The van der Waals surface area contributed by atoms with E-state index in [1.807, 2.05) is 11.4 Å². The summed E-state index contributed by atoms with van der Waals surface area (Å²) >= 11 is 4.91. The van der Waals surface area contributed by atoms with E-state index in [-0.39, 0.29) is 11.9 Å². The molecule has 0 saturated carbocycles. The fraction of sp³-hybridized carbons (Fsp3) is 0.500. The minimum atomic E-state index is -1.02. The number of amides is 2. The van der Waals surface area contributed by atoms with Crippen LogP contribution >= 0.6 is 27.3 Å². The zero-order valence-electron chi connectivity index (χ0n) is 11.0. The second kappa shape index (κ2) is 6.91. The van der Waals surface area contributed by atoms with Crippen LogP contribution in [-0.4, -0.2) is 35.1 Å². The molecule has 2 N–H and O–H groups in total. The number of rotatable bonds is 5. The topological polar surface area (TPSA) is 69.6 Å². The average Bonchev–Trinajstić information content (AvgIpc) is 2.70. The van der Waals surface area contributed by atoms with E-state index in [1.165, 1.54) is 4.90 Å². The van der Waals surface area contributed by atoms with Crippen molar-refractivity contribution in [1.29, 1.82) is 0 Å². The van der Waals surface area contributed by atoms with E-state index < -0.39 is 12.0 Å². The Balaban J connectivity index is 2.59. The van der Waals surface area contributed by atoms with Crippen molar-refractivity contribution in [1.82, 2.24) is 10.2 Å². The number of hydrogen-bond acceptors (Lipinski definition) is 3. The zero-order valence-corrected chi connectivity index (χ0v) is 13.4. The molecule has 0 aliphatic rings. The molecule has 106 valence electrons. The Hall–Kier alpha value is -1.08. The SMILES string of the molecule is CC(C)C(NC(=O)N(C)Cc1csc(Br)c1)C(=O)O. The third-order valence-corrected chi connectivity index (χ3v) is 4.15. The van der Waals surface area contributed by atoms with Crippen molar-refractivity contribution in [3.8, 4) is 0 Å². The fourth-order valence-electron chi connectivity index (χ4n) is 1.53. The minimum absolute atomic E-state index is 0.162. The first-order valence-electron chi connectivity index (χ1n) is 5.78. The van der Waals surface area contributed by atoms with Crippen LogP contribution in [0.1, 0.15) is 19.4 Å². The highest BCUT2D eigenvalue weighted by Gasteiger charge is 2.24. The number of carbonyl (C=O) groups excluding carboxylic acids is 1. The molecule has 1 aromatic heterocycles. The van der Waals surface area contributed by atoms with Gasteiger partial charge in [0.2, 0.25) is 0 Å². The van der Waals surface area contributed by atoms with Crippen molar-refractivity contribution < 1.29 is 14.7 Å². The molecule has 0 saturated heterocycles. The summed E-state index contributed by atoms with van der Waals surface area (Å²) in [5, 5.41) is 13.5. The van der Waals surface area contributed by atoms with Gasteiger partial charge in [-0.1, -0.05) is 13.8 Å². The predicted octanol–water partition coefficient (Wildman–Crippen LogP) is 2.76. The lowest BCUT2D eigenvalue weighted by atomic mass is 10.1. The second-order valence-corrected chi connectivity index (χ2v) is 6.92. The fourth-order valence-corrected chi connectivity index (χ4v) is 2.73. The smallest absolute Gasteiger partial charge is 0.326 e. The Labute approximate surface area is 124 Å². The maximum absolute atomic E-state index is 11.9. The van der Waals surface area contributed by atoms with Crippen molar-refractivity contribution in [3.63, 3.8) is 0 Å². The van der Waals surface area contributed by atoms with Gasteiger partial charge in [-0.05, 0) is 38.9 Å². The standard InChI is InChI=1S/C12H17BrN2O3S/c1-7(2)10(11(16)17)14-12(18)15(3)5-8-4-9(13)19-6-8/h4,6-7,10H,5H2,1-3H3,(H,14,18)(H,16,17). The highest BCUT2D eigenvalue weighted by Crippen LogP contribution is 2.21. The van der Waals surface area contributed by atoms with E-state index in [1.54, 1.807) is 32.2 Å². The van der Waals surface area contributed by atoms with Crippen LogP contribution in [-0.2, 0) is 11.3 Å². The van der Waals surface area contributed by atoms with Crippen LogP contribution in [0.3, 0.4) is 0 Å². The first kappa shape index (κ1) is 16.0. The van der Waals surface area contributed by atoms with Gasteiger partial charge < -0.3 is 15.3 Å². The molecule has 0 aliphatic heterocycles. The maximum atomic E-state index is 11.9. The average molecular weight is 349 g/mol. The molecule has 0 radical (unpaired) electrons. The number of carbonyl (C=O) groups is 2. The van der Waals surface area contributed by atoms with E-state index >= 15 is 0 Å². The Bertz CT molecular complexity index is 462. The van der Waals surface area contributed by atoms with E-state index in [0.29, 0.717) is 6.54 Å². The molecular weight excluding hydrogens is 332 g/mol. The third kappa shape index (κ3) is 4.83. The molecule has 0 bridgehead atoms. The summed E-state index contributed by atoms with van der Waals surface area (Å²) < 4.78 is 1.00. The van der Waals surface area contributed by atoms with Gasteiger partial charge in [-0.15, -0.1) is 11.3 Å². The third-order valence-electron chi connectivity index (χ3n) is 2.60. The van der Waals surface area contributed by atoms with E-state index in [2.05, 4.69) is 21.2 Å². The monoisotopic (exact) mass is 348 g/mol. The molecule has 2 amide bonds. The van der Waals surface area contributed by atoms with Crippen molar-refractivity contribution in [2.45, 2.75) is 26.4 Å². The van der Waals surface area contributed by atoms with Gasteiger partial charge in [0.15, 0.2) is 0 Å². The number of nitrogens with zero attached hydrogens (tertiary/aromatic N) is 1. The number of hydrogen-bond donors (Lipinski definition) is 2. The summed E-state index contributed by atoms with van der Waals surface area (Å²) in [7, 11) is 1.64. The number of thiophene rings is 1. The van der Waals surface area contributed by atoms with Crippen LogP contribution < -0.4 is 5.32 Å². The number of urea groups is 1. The maximum Gasteiger partial charge on any atom is 0.326 e. The first-order chi connectivity index (χ1) is 8.81. The van der Waals surface area contributed by atoms with Crippen LogP contribution in [0.4, 0.5) is 4.79 Å². The van der Waals surface area contributed by atoms with Gasteiger partial charge in [-0.2, -0.15) is 0 Å². The Morgan fingerprint density at radius 1 is 1.53 bits per heavy atom. The highest BCUT2D eigenvalue weighted by molar-refractivity contribution is 9.11. The number of halogens is 1. The minimum Gasteiger partial charge on any atom is -0.480 e. The lowest BCUT2D eigenvalue weighted by Crippen LogP contribution is -2.48. The molecular formula is C12H17BrN2O3S. The van der Waals surface area contributed by atoms with Crippen LogP contribution in [0.5, 0.6) is 0 Å². The molecule has 0 aromatic carbocycles. The van der Waals surface area contributed by atoms with Gasteiger partial charge in [0.25, 0.3) is 0 Å². The highest BCUT2D eigenvalue weighted by atomic mass is 79.9. The van der Waals surface area contributed by atoms with E-state index in [4.69, 9.17) is 5.11 Å². The lowest BCUT2D eigenvalue weighted by molar-refractivity contribution is -0.140. The summed E-state index contributed by atoms with van der Waals surface area (Å²) in [4.78, 5) is 24.4. The number of nitrogens with one attached hydrogen (secondary N) is 1. The normalized spacial score (nSPS) is 12.3. The van der Waals surface area contributed by atoms with Crippen molar-refractivity contribution >= 4 is 39.3 Å². The van der Waals surface area contributed by atoms with Gasteiger partial charge in [0, 0.05) is 13.6 Å². The Morgan fingerprint density at radius 3 is 2.58 bits per heavy atom. The van der Waals surface area contributed by atoms with Crippen molar-refractivity contribution in [2.24, 2.45) is 5.92 Å². The van der Waals surface area contributed by atoms with Crippen LogP contribution in [0.15, 0.2) is 15.2 Å². The predicted molar refractivity (Wildman–Crippen MR) is 78.3 cm³/mol. The molecule has 0 fully saturated rings. The summed E-state index contributed by atoms with van der Waals surface area (Å²) in [6, 6.07) is 0.679. The summed E-state index contributed by atoms with van der Waals surface area (Å²) in [5.74, 6) is -1.18. The summed E-state index contributed by atoms with van der Waals surface area (Å²) in [5.41, 5.74) is 1.01. The van der Waals surface area contributed by atoms with Crippen molar-refractivity contribution in [2.75, 3.05) is 7.05 Å². The van der Waals surface area contributed by atoms with Gasteiger partial charge in [-0.3, -0.25) is 0 Å². The molecule has 1 heterocycles.